The summed E-state index contributed by atoms with van der Waals surface area (Å²) in [5.74, 6) is -0.426. The number of aromatic nitrogens is 2. The molecule has 1 aromatic carbocycles. The molecule has 0 fully saturated rings. The number of fused-ring (bicyclic) bond motifs is 1. The number of aromatic amines is 1. The number of nitrogens with zero attached hydrogens (tertiary/aromatic N) is 1. The zero-order valence-corrected chi connectivity index (χ0v) is 14.6. The topological polar surface area (TPSA) is 103 Å². The van der Waals surface area contributed by atoms with Gasteiger partial charge < -0.3 is 19.3 Å². The molecule has 8 nitrogen and oxygen atoms in total. The Balaban J connectivity index is 2.27. The van der Waals surface area contributed by atoms with Gasteiger partial charge in [0.05, 0.1) is 14.2 Å². The van der Waals surface area contributed by atoms with Gasteiger partial charge in [0.25, 0.3) is 5.56 Å². The normalized spacial score (nSPS) is 15.6. The van der Waals surface area contributed by atoms with Crippen LogP contribution in [0.2, 0.25) is 0 Å². The minimum atomic E-state index is -1.07. The van der Waals surface area contributed by atoms with E-state index in [1.165, 1.54) is 18.8 Å². The quantitative estimate of drug-likeness (QED) is 0.631. The van der Waals surface area contributed by atoms with Gasteiger partial charge in [0.1, 0.15) is 11.1 Å². The summed E-state index contributed by atoms with van der Waals surface area (Å²) in [6, 6.07) is 3.20. The molecule has 1 atom stereocenters. The molecule has 9 heteroatoms. The second-order valence-corrected chi connectivity index (χ2v) is 5.68. The van der Waals surface area contributed by atoms with E-state index in [1.54, 1.807) is 19.1 Å². The lowest BCUT2D eigenvalue weighted by Crippen LogP contribution is -2.22. The first kappa shape index (κ1) is 17.0. The number of cyclic esters (lactones) is 1. The average molecular weight is 364 g/mol. The van der Waals surface area contributed by atoms with Crippen molar-refractivity contribution >= 4 is 18.2 Å². The Bertz CT molecular complexity index is 978. The molecular formula is C16H16N2O6S. The number of aromatic hydroxyl groups is 1. The predicted octanol–water partition coefficient (Wildman–Crippen LogP) is 1.91. The number of ether oxygens (including phenoxy) is 3. The Labute approximate surface area is 147 Å². The number of carbonyl (C=O) groups excluding carboxylic acids is 1. The SMILES string of the molecule is CCn1c(O)c(C2OC(=O)c3c2ccc(OC)c3OC)c(=O)[nH]c1=S. The molecule has 0 saturated heterocycles. The van der Waals surface area contributed by atoms with Gasteiger partial charge in [-0.1, -0.05) is 6.07 Å². The third-order valence-corrected chi connectivity index (χ3v) is 4.40. The smallest absolute Gasteiger partial charge is 0.343 e. The largest absolute Gasteiger partial charge is 0.494 e. The number of esters is 1. The number of methoxy groups -OCH3 is 2. The van der Waals surface area contributed by atoms with Crippen LogP contribution in [0, 0.1) is 4.77 Å². The molecule has 3 rings (SSSR count). The van der Waals surface area contributed by atoms with Gasteiger partial charge in [-0.25, -0.2) is 4.79 Å². The van der Waals surface area contributed by atoms with Crippen LogP contribution in [-0.4, -0.2) is 34.8 Å². The lowest BCUT2D eigenvalue weighted by molar-refractivity contribution is 0.0446. The van der Waals surface area contributed by atoms with Crippen molar-refractivity contribution in [2.24, 2.45) is 0 Å². The van der Waals surface area contributed by atoms with Crippen LogP contribution in [0.25, 0.3) is 0 Å². The van der Waals surface area contributed by atoms with Crippen molar-refractivity contribution in [2.45, 2.75) is 19.6 Å². The van der Waals surface area contributed by atoms with Crippen molar-refractivity contribution in [1.29, 1.82) is 0 Å². The van der Waals surface area contributed by atoms with E-state index in [4.69, 9.17) is 26.4 Å². The fraction of sp³-hybridized carbons (Fsp3) is 0.312. The van der Waals surface area contributed by atoms with E-state index in [1.807, 2.05) is 0 Å². The average Bonchev–Trinajstić information content (AvgIpc) is 2.90. The summed E-state index contributed by atoms with van der Waals surface area (Å²) in [4.78, 5) is 27.2. The summed E-state index contributed by atoms with van der Waals surface area (Å²) in [7, 11) is 2.85. The maximum Gasteiger partial charge on any atom is 0.343 e. The third kappa shape index (κ3) is 2.47. The van der Waals surface area contributed by atoms with E-state index in [2.05, 4.69) is 4.98 Å². The Morgan fingerprint density at radius 1 is 1.32 bits per heavy atom. The highest BCUT2D eigenvalue weighted by Crippen LogP contribution is 2.44. The number of rotatable bonds is 4. The van der Waals surface area contributed by atoms with Gasteiger partial charge in [-0.2, -0.15) is 0 Å². The molecule has 1 aromatic heterocycles. The van der Waals surface area contributed by atoms with Crippen molar-refractivity contribution in [2.75, 3.05) is 14.2 Å². The van der Waals surface area contributed by atoms with Gasteiger partial charge in [-0.3, -0.25) is 14.3 Å². The van der Waals surface area contributed by atoms with E-state index in [9.17, 15) is 14.7 Å². The second kappa shape index (κ2) is 6.25. The van der Waals surface area contributed by atoms with Crippen LogP contribution in [0.15, 0.2) is 16.9 Å². The number of hydrogen-bond acceptors (Lipinski definition) is 7. The molecule has 0 amide bonds. The summed E-state index contributed by atoms with van der Waals surface area (Å²) < 4.78 is 17.2. The fourth-order valence-corrected chi connectivity index (χ4v) is 3.23. The van der Waals surface area contributed by atoms with Crippen LogP contribution in [0.5, 0.6) is 17.4 Å². The van der Waals surface area contributed by atoms with Crippen LogP contribution in [0.1, 0.15) is 34.5 Å². The first-order valence-electron chi connectivity index (χ1n) is 7.46. The molecule has 0 aliphatic carbocycles. The van der Waals surface area contributed by atoms with E-state index in [0.29, 0.717) is 17.9 Å². The number of carbonyl (C=O) groups is 1. The third-order valence-electron chi connectivity index (χ3n) is 4.07. The second-order valence-electron chi connectivity index (χ2n) is 5.29. The zero-order valence-electron chi connectivity index (χ0n) is 13.8. The molecule has 0 saturated carbocycles. The molecule has 1 aliphatic rings. The minimum Gasteiger partial charge on any atom is -0.494 e. The van der Waals surface area contributed by atoms with Crippen LogP contribution < -0.4 is 15.0 Å². The summed E-state index contributed by atoms with van der Waals surface area (Å²) >= 11 is 5.04. The van der Waals surface area contributed by atoms with Gasteiger partial charge in [0, 0.05) is 12.1 Å². The standard InChI is InChI=1S/C16H16N2O6S/c1-4-18-14(20)10(13(19)17-16(18)25)11-7-5-6-8(22-2)12(23-3)9(7)15(21)24-11/h5-6,11,20H,4H2,1-3H3,(H,17,19,25). The molecule has 2 heterocycles. The number of hydrogen-bond donors (Lipinski definition) is 2. The van der Waals surface area contributed by atoms with E-state index in [0.717, 1.165) is 0 Å². The summed E-state index contributed by atoms with van der Waals surface area (Å²) in [6.07, 6.45) is -1.07. The lowest BCUT2D eigenvalue weighted by atomic mass is 9.99. The number of benzene rings is 1. The van der Waals surface area contributed by atoms with Gasteiger partial charge >= 0.3 is 5.97 Å². The lowest BCUT2D eigenvalue weighted by Gasteiger charge is -2.16. The van der Waals surface area contributed by atoms with Crippen LogP contribution in [0.3, 0.4) is 0 Å². The van der Waals surface area contributed by atoms with Gasteiger partial charge in [-0.15, -0.1) is 0 Å². The van der Waals surface area contributed by atoms with Crippen LogP contribution in [0.4, 0.5) is 0 Å². The molecule has 2 N–H and O–H groups in total. The number of H-pyrrole nitrogens is 1. The van der Waals surface area contributed by atoms with Crippen LogP contribution in [-0.2, 0) is 11.3 Å². The molecule has 2 aromatic rings. The molecule has 0 spiro atoms. The minimum absolute atomic E-state index is 0.0882. The summed E-state index contributed by atoms with van der Waals surface area (Å²) in [5.41, 5.74) is -0.137. The molecule has 1 unspecified atom stereocenters. The Morgan fingerprint density at radius 3 is 2.64 bits per heavy atom. The Morgan fingerprint density at radius 2 is 2.04 bits per heavy atom. The Kier molecular flexibility index (Phi) is 4.25. The maximum absolute atomic E-state index is 12.4. The van der Waals surface area contributed by atoms with Gasteiger partial charge in [-0.05, 0) is 25.2 Å². The van der Waals surface area contributed by atoms with Crippen molar-refractivity contribution < 1.29 is 24.1 Å². The first-order chi connectivity index (χ1) is 11.9. The van der Waals surface area contributed by atoms with E-state index in [-0.39, 0.29) is 27.5 Å². The molecule has 25 heavy (non-hydrogen) atoms. The van der Waals surface area contributed by atoms with Gasteiger partial charge in [0.2, 0.25) is 5.88 Å². The van der Waals surface area contributed by atoms with Crippen LogP contribution >= 0.6 is 12.2 Å². The first-order valence-corrected chi connectivity index (χ1v) is 7.87. The highest BCUT2D eigenvalue weighted by Gasteiger charge is 2.39. The highest BCUT2D eigenvalue weighted by atomic mass is 32.1. The Hall–Kier alpha value is -2.81. The summed E-state index contributed by atoms with van der Waals surface area (Å²) in [6.45, 7) is 2.11. The molecule has 0 radical (unpaired) electrons. The zero-order chi connectivity index (χ0) is 18.3. The highest BCUT2D eigenvalue weighted by molar-refractivity contribution is 7.71. The van der Waals surface area contributed by atoms with Gasteiger partial charge in [0.15, 0.2) is 22.4 Å². The molecule has 132 valence electrons. The molecular weight excluding hydrogens is 348 g/mol. The van der Waals surface area contributed by atoms with E-state index >= 15 is 0 Å². The molecule has 1 aliphatic heterocycles. The fourth-order valence-electron chi connectivity index (χ4n) is 2.92. The maximum atomic E-state index is 12.4. The summed E-state index contributed by atoms with van der Waals surface area (Å²) in [5, 5.41) is 10.5. The molecule has 0 bridgehead atoms. The predicted molar refractivity (Wildman–Crippen MR) is 90.0 cm³/mol. The monoisotopic (exact) mass is 364 g/mol. The van der Waals surface area contributed by atoms with E-state index < -0.39 is 17.6 Å². The van der Waals surface area contributed by atoms with Crippen molar-refractivity contribution in [3.8, 4) is 17.4 Å². The van der Waals surface area contributed by atoms with Crippen molar-refractivity contribution in [3.05, 3.63) is 43.9 Å². The van der Waals surface area contributed by atoms with Crippen molar-refractivity contribution in [3.63, 3.8) is 0 Å². The van der Waals surface area contributed by atoms with Crippen molar-refractivity contribution in [1.82, 2.24) is 9.55 Å². The number of nitrogens with one attached hydrogen (secondary N) is 1.